The van der Waals surface area contributed by atoms with E-state index in [0.717, 1.165) is 34.3 Å². The minimum Gasteiger partial charge on any atom is -0.465 e. The topological polar surface area (TPSA) is 67.0 Å². The Morgan fingerprint density at radius 3 is 2.81 bits per heavy atom. The van der Waals surface area contributed by atoms with Crippen LogP contribution in [-0.2, 0) is 4.74 Å². The van der Waals surface area contributed by atoms with E-state index in [4.69, 9.17) is 4.74 Å². The summed E-state index contributed by atoms with van der Waals surface area (Å²) in [7, 11) is 1.39. The number of carbonyl (C=O) groups excluding carboxylic acids is 1. The fourth-order valence-electron chi connectivity index (χ4n) is 2.18. The van der Waals surface area contributed by atoms with Crippen molar-refractivity contribution in [3.8, 4) is 11.4 Å². The number of anilines is 1. The number of esters is 1. The standard InChI is InChI=1S/C15H21N3O2S/c1-8(2)6-16-15-18-11(7-21-15)13-9(3)12(10(4)17-13)14(19)20-5/h7-8,17H,6H2,1-5H3,(H,16,18). The highest BCUT2D eigenvalue weighted by Gasteiger charge is 2.20. The smallest absolute Gasteiger partial charge is 0.339 e. The molecule has 2 rings (SSSR count). The number of nitrogens with zero attached hydrogens (tertiary/aromatic N) is 1. The number of methoxy groups -OCH3 is 1. The fraction of sp³-hybridized carbons (Fsp3) is 0.467. The number of thiazole rings is 1. The van der Waals surface area contributed by atoms with Crippen molar-refractivity contribution in [3.63, 3.8) is 0 Å². The Labute approximate surface area is 128 Å². The maximum Gasteiger partial charge on any atom is 0.339 e. The Morgan fingerprint density at radius 1 is 1.48 bits per heavy atom. The summed E-state index contributed by atoms with van der Waals surface area (Å²) >= 11 is 1.57. The van der Waals surface area contributed by atoms with Crippen LogP contribution in [0.15, 0.2) is 5.38 Å². The Balaban J connectivity index is 2.29. The van der Waals surface area contributed by atoms with Gasteiger partial charge < -0.3 is 15.0 Å². The van der Waals surface area contributed by atoms with Crippen LogP contribution in [0.4, 0.5) is 5.13 Å². The SMILES string of the molecule is COC(=O)c1c(C)[nH]c(-c2csc(NCC(C)C)n2)c1C. The van der Waals surface area contributed by atoms with Crippen LogP contribution in [0.2, 0.25) is 0 Å². The minimum atomic E-state index is -0.319. The van der Waals surface area contributed by atoms with Gasteiger partial charge in [0.25, 0.3) is 0 Å². The van der Waals surface area contributed by atoms with E-state index in [2.05, 4.69) is 29.1 Å². The highest BCUT2D eigenvalue weighted by Crippen LogP contribution is 2.30. The summed E-state index contributed by atoms with van der Waals surface area (Å²) in [6, 6.07) is 0. The lowest BCUT2D eigenvalue weighted by atomic mass is 10.1. The number of hydrogen-bond acceptors (Lipinski definition) is 5. The third kappa shape index (κ3) is 3.26. The number of aromatic nitrogens is 2. The second kappa shape index (κ2) is 6.30. The molecule has 2 aromatic rings. The number of aryl methyl sites for hydroxylation is 1. The van der Waals surface area contributed by atoms with Crippen LogP contribution >= 0.6 is 11.3 Å². The normalized spacial score (nSPS) is 11.0. The molecule has 0 spiro atoms. The number of carbonyl (C=O) groups is 1. The number of rotatable bonds is 5. The van der Waals surface area contributed by atoms with E-state index < -0.39 is 0 Å². The molecule has 0 aliphatic rings. The van der Waals surface area contributed by atoms with E-state index >= 15 is 0 Å². The van der Waals surface area contributed by atoms with Gasteiger partial charge in [-0.05, 0) is 25.3 Å². The molecule has 0 aliphatic carbocycles. The first-order valence-corrected chi connectivity index (χ1v) is 7.79. The molecule has 0 fully saturated rings. The fourth-order valence-corrected chi connectivity index (χ4v) is 2.89. The average Bonchev–Trinajstić information content (AvgIpc) is 3.00. The largest absolute Gasteiger partial charge is 0.465 e. The van der Waals surface area contributed by atoms with Gasteiger partial charge in [-0.15, -0.1) is 11.3 Å². The summed E-state index contributed by atoms with van der Waals surface area (Å²) in [6.07, 6.45) is 0. The number of aromatic amines is 1. The van der Waals surface area contributed by atoms with Crippen molar-refractivity contribution < 1.29 is 9.53 Å². The molecule has 2 heterocycles. The van der Waals surface area contributed by atoms with Crippen LogP contribution in [0.3, 0.4) is 0 Å². The van der Waals surface area contributed by atoms with E-state index in [1.165, 1.54) is 7.11 Å². The third-order valence-corrected chi connectivity index (χ3v) is 4.05. The molecule has 0 saturated carbocycles. The molecule has 6 heteroatoms. The molecule has 0 radical (unpaired) electrons. The van der Waals surface area contributed by atoms with E-state index in [1.807, 2.05) is 19.2 Å². The van der Waals surface area contributed by atoms with Crippen LogP contribution in [0.5, 0.6) is 0 Å². The van der Waals surface area contributed by atoms with Crippen molar-refractivity contribution >= 4 is 22.4 Å². The van der Waals surface area contributed by atoms with Gasteiger partial charge in [-0.2, -0.15) is 0 Å². The van der Waals surface area contributed by atoms with Gasteiger partial charge in [-0.3, -0.25) is 0 Å². The van der Waals surface area contributed by atoms with E-state index in [0.29, 0.717) is 11.5 Å². The molecule has 21 heavy (non-hydrogen) atoms. The molecule has 0 saturated heterocycles. The first-order chi connectivity index (χ1) is 9.93. The van der Waals surface area contributed by atoms with Gasteiger partial charge in [0.1, 0.15) is 5.69 Å². The maximum absolute atomic E-state index is 11.8. The summed E-state index contributed by atoms with van der Waals surface area (Å²) in [5.41, 5.74) is 4.00. The highest BCUT2D eigenvalue weighted by atomic mass is 32.1. The van der Waals surface area contributed by atoms with Crippen LogP contribution in [0.1, 0.15) is 35.5 Å². The van der Waals surface area contributed by atoms with Crippen molar-refractivity contribution in [2.24, 2.45) is 5.92 Å². The van der Waals surface area contributed by atoms with Crippen LogP contribution in [-0.4, -0.2) is 29.6 Å². The van der Waals surface area contributed by atoms with Crippen molar-refractivity contribution in [3.05, 3.63) is 22.2 Å². The van der Waals surface area contributed by atoms with E-state index in [1.54, 1.807) is 11.3 Å². The molecular weight excluding hydrogens is 286 g/mol. The first-order valence-electron chi connectivity index (χ1n) is 6.91. The number of H-pyrrole nitrogens is 1. The molecule has 0 aliphatic heterocycles. The molecular formula is C15H21N3O2S. The third-order valence-electron chi connectivity index (χ3n) is 3.25. The zero-order chi connectivity index (χ0) is 15.6. The number of ether oxygens (including phenoxy) is 1. The Hall–Kier alpha value is -1.82. The van der Waals surface area contributed by atoms with Crippen LogP contribution < -0.4 is 5.32 Å². The molecule has 2 aromatic heterocycles. The summed E-state index contributed by atoms with van der Waals surface area (Å²) in [5, 5.41) is 6.19. The van der Waals surface area contributed by atoms with Crippen LogP contribution in [0, 0.1) is 19.8 Å². The van der Waals surface area contributed by atoms with E-state index in [9.17, 15) is 4.79 Å². The lowest BCUT2D eigenvalue weighted by Gasteiger charge is -2.04. The molecule has 0 atom stereocenters. The van der Waals surface area contributed by atoms with E-state index in [-0.39, 0.29) is 5.97 Å². The summed E-state index contributed by atoms with van der Waals surface area (Å²) < 4.78 is 4.83. The van der Waals surface area contributed by atoms with Gasteiger partial charge in [-0.1, -0.05) is 13.8 Å². The van der Waals surface area contributed by atoms with Crippen molar-refractivity contribution in [1.29, 1.82) is 0 Å². The first kappa shape index (κ1) is 15.6. The zero-order valence-electron chi connectivity index (χ0n) is 13.0. The molecule has 114 valence electrons. The highest BCUT2D eigenvalue weighted by molar-refractivity contribution is 7.14. The average molecular weight is 307 g/mol. The molecule has 5 nitrogen and oxygen atoms in total. The molecule has 0 amide bonds. The van der Waals surface area contributed by atoms with Crippen LogP contribution in [0.25, 0.3) is 11.4 Å². The second-order valence-corrected chi connectivity index (χ2v) is 6.29. The second-order valence-electron chi connectivity index (χ2n) is 5.43. The van der Waals surface area contributed by atoms with Gasteiger partial charge in [0.05, 0.1) is 18.4 Å². The summed E-state index contributed by atoms with van der Waals surface area (Å²) in [6.45, 7) is 8.98. The molecule has 2 N–H and O–H groups in total. The Bertz CT molecular complexity index is 643. The lowest BCUT2D eigenvalue weighted by molar-refractivity contribution is 0.0599. The maximum atomic E-state index is 11.8. The summed E-state index contributed by atoms with van der Waals surface area (Å²) in [4.78, 5) is 19.6. The lowest BCUT2D eigenvalue weighted by Crippen LogP contribution is -2.07. The Morgan fingerprint density at radius 2 is 2.19 bits per heavy atom. The molecule has 0 aromatic carbocycles. The number of nitrogens with one attached hydrogen (secondary N) is 2. The van der Waals surface area contributed by atoms with Crippen molar-refractivity contribution in [2.75, 3.05) is 19.0 Å². The predicted molar refractivity (Wildman–Crippen MR) is 86.0 cm³/mol. The van der Waals surface area contributed by atoms with Gasteiger partial charge in [0.2, 0.25) is 0 Å². The van der Waals surface area contributed by atoms with Gasteiger partial charge in [0.15, 0.2) is 5.13 Å². The van der Waals surface area contributed by atoms with Gasteiger partial charge >= 0.3 is 5.97 Å². The van der Waals surface area contributed by atoms with Crippen molar-refractivity contribution in [2.45, 2.75) is 27.7 Å². The number of hydrogen-bond donors (Lipinski definition) is 2. The monoisotopic (exact) mass is 307 g/mol. The Kier molecular flexibility index (Phi) is 4.67. The van der Waals surface area contributed by atoms with Gasteiger partial charge in [0, 0.05) is 17.6 Å². The quantitative estimate of drug-likeness (QED) is 0.828. The molecule has 0 bridgehead atoms. The minimum absolute atomic E-state index is 0.319. The summed E-state index contributed by atoms with van der Waals surface area (Å²) in [5.74, 6) is 0.249. The zero-order valence-corrected chi connectivity index (χ0v) is 13.9. The van der Waals surface area contributed by atoms with Gasteiger partial charge in [-0.25, -0.2) is 9.78 Å². The predicted octanol–water partition coefficient (Wildman–Crippen LogP) is 3.61. The van der Waals surface area contributed by atoms with Crippen molar-refractivity contribution in [1.82, 2.24) is 9.97 Å². The molecule has 0 unspecified atom stereocenters.